The van der Waals surface area contributed by atoms with Gasteiger partial charge in [-0.05, 0) is 38.1 Å². The van der Waals surface area contributed by atoms with E-state index in [-0.39, 0.29) is 11.7 Å². The minimum atomic E-state index is -1.30. The molecule has 1 atom stereocenters. The molecule has 0 aliphatic carbocycles. The Kier molecular flexibility index (Phi) is 4.50. The second-order valence-corrected chi connectivity index (χ2v) is 5.19. The Balaban J connectivity index is 1.93. The number of urea groups is 1. The van der Waals surface area contributed by atoms with Crippen LogP contribution in [0.15, 0.2) is 34.9 Å². The Morgan fingerprint density at radius 3 is 2.86 bits per heavy atom. The van der Waals surface area contributed by atoms with E-state index in [1.807, 2.05) is 0 Å². The van der Waals surface area contributed by atoms with Crippen molar-refractivity contribution in [3.63, 3.8) is 0 Å². The van der Waals surface area contributed by atoms with Crippen LogP contribution in [0.5, 0.6) is 0 Å². The summed E-state index contributed by atoms with van der Waals surface area (Å²) in [6, 6.07) is 6.21. The van der Waals surface area contributed by atoms with E-state index in [0.29, 0.717) is 17.2 Å². The third-order valence-electron chi connectivity index (χ3n) is 2.87. The Hall–Kier alpha value is -2.05. The minimum Gasteiger partial charge on any atom is -0.463 e. The van der Waals surface area contributed by atoms with Crippen LogP contribution in [0.3, 0.4) is 0 Å². The molecule has 2 rings (SSSR count). The van der Waals surface area contributed by atoms with Gasteiger partial charge in [0.15, 0.2) is 5.15 Å². The molecule has 7 heteroatoms. The molecule has 0 radical (unpaired) electrons. The predicted molar refractivity (Wildman–Crippen MR) is 79.3 cm³/mol. The molecule has 2 aromatic rings. The maximum atomic E-state index is 11.8. The van der Waals surface area contributed by atoms with Crippen molar-refractivity contribution in [2.75, 3.05) is 11.9 Å². The van der Waals surface area contributed by atoms with Gasteiger partial charge in [0.05, 0.1) is 12.2 Å². The SMILES string of the molecule is Cc1ccc(C(C)(O)CNC(=O)Nc2cccnc2Cl)o1. The van der Waals surface area contributed by atoms with Crippen molar-refractivity contribution >= 4 is 23.3 Å². The number of nitrogens with zero attached hydrogens (tertiary/aromatic N) is 1. The molecule has 0 saturated carbocycles. The predicted octanol–water partition coefficient (Wildman–Crippen LogP) is 2.67. The second kappa shape index (κ2) is 6.15. The Bertz CT molecular complexity index is 640. The van der Waals surface area contributed by atoms with Crippen molar-refractivity contribution in [2.45, 2.75) is 19.4 Å². The van der Waals surface area contributed by atoms with Crippen molar-refractivity contribution < 1.29 is 14.3 Å². The molecule has 0 aliphatic rings. The molecule has 0 bridgehead atoms. The lowest BCUT2D eigenvalue weighted by atomic mass is 10.0. The lowest BCUT2D eigenvalue weighted by Crippen LogP contribution is -2.40. The number of aromatic nitrogens is 1. The van der Waals surface area contributed by atoms with Gasteiger partial charge in [-0.15, -0.1) is 0 Å². The first-order valence-electron chi connectivity index (χ1n) is 6.33. The van der Waals surface area contributed by atoms with Crippen LogP contribution >= 0.6 is 11.6 Å². The molecule has 0 aliphatic heterocycles. The number of amides is 2. The molecular formula is C14H16ClN3O3. The fourth-order valence-corrected chi connectivity index (χ4v) is 1.88. The number of anilines is 1. The molecule has 0 saturated heterocycles. The zero-order chi connectivity index (χ0) is 15.5. The summed E-state index contributed by atoms with van der Waals surface area (Å²) in [5.74, 6) is 1.08. The summed E-state index contributed by atoms with van der Waals surface area (Å²) in [6.45, 7) is 3.33. The van der Waals surface area contributed by atoms with Gasteiger partial charge in [0.1, 0.15) is 17.1 Å². The van der Waals surface area contributed by atoms with Crippen LogP contribution in [-0.2, 0) is 5.60 Å². The number of carbonyl (C=O) groups is 1. The van der Waals surface area contributed by atoms with Crippen LogP contribution in [0, 0.1) is 6.92 Å². The van der Waals surface area contributed by atoms with E-state index in [0.717, 1.165) is 0 Å². The highest BCUT2D eigenvalue weighted by atomic mass is 35.5. The molecule has 21 heavy (non-hydrogen) atoms. The van der Waals surface area contributed by atoms with Gasteiger partial charge in [-0.1, -0.05) is 11.6 Å². The molecule has 2 aromatic heterocycles. The summed E-state index contributed by atoms with van der Waals surface area (Å²) in [5.41, 5.74) is -0.908. The molecule has 0 fully saturated rings. The van der Waals surface area contributed by atoms with E-state index in [9.17, 15) is 9.90 Å². The Labute approximate surface area is 127 Å². The largest absolute Gasteiger partial charge is 0.463 e. The van der Waals surface area contributed by atoms with E-state index in [4.69, 9.17) is 16.0 Å². The number of furan rings is 1. The van der Waals surface area contributed by atoms with Crippen molar-refractivity contribution in [1.29, 1.82) is 0 Å². The summed E-state index contributed by atoms with van der Waals surface area (Å²) >= 11 is 5.84. The maximum absolute atomic E-state index is 11.8. The molecule has 6 nitrogen and oxygen atoms in total. The second-order valence-electron chi connectivity index (χ2n) is 4.83. The van der Waals surface area contributed by atoms with Gasteiger partial charge in [0.2, 0.25) is 0 Å². The minimum absolute atomic E-state index is 0.0103. The van der Waals surface area contributed by atoms with Crippen LogP contribution in [0.25, 0.3) is 0 Å². The number of hydrogen-bond acceptors (Lipinski definition) is 4. The molecule has 2 amide bonds. The zero-order valence-corrected chi connectivity index (χ0v) is 12.4. The van der Waals surface area contributed by atoms with Crippen LogP contribution in [0.1, 0.15) is 18.4 Å². The first-order chi connectivity index (χ1) is 9.88. The summed E-state index contributed by atoms with van der Waals surface area (Å²) in [6.07, 6.45) is 1.52. The van der Waals surface area contributed by atoms with E-state index in [2.05, 4.69) is 15.6 Å². The highest BCUT2D eigenvalue weighted by Crippen LogP contribution is 2.22. The van der Waals surface area contributed by atoms with Gasteiger partial charge < -0.3 is 20.2 Å². The van der Waals surface area contributed by atoms with Gasteiger partial charge in [0.25, 0.3) is 0 Å². The van der Waals surface area contributed by atoms with Gasteiger partial charge in [-0.2, -0.15) is 0 Å². The fraction of sp³-hybridized carbons (Fsp3) is 0.286. The zero-order valence-electron chi connectivity index (χ0n) is 11.7. The molecule has 0 spiro atoms. The number of nitrogens with one attached hydrogen (secondary N) is 2. The Morgan fingerprint density at radius 2 is 2.24 bits per heavy atom. The first kappa shape index (κ1) is 15.3. The molecule has 3 N–H and O–H groups in total. The smallest absolute Gasteiger partial charge is 0.319 e. The van der Waals surface area contributed by atoms with Crippen molar-refractivity contribution in [1.82, 2.24) is 10.3 Å². The van der Waals surface area contributed by atoms with Crippen molar-refractivity contribution in [3.05, 3.63) is 47.1 Å². The highest BCUT2D eigenvalue weighted by Gasteiger charge is 2.27. The van der Waals surface area contributed by atoms with Gasteiger partial charge >= 0.3 is 6.03 Å². The van der Waals surface area contributed by atoms with Crippen LogP contribution in [0.4, 0.5) is 10.5 Å². The van der Waals surface area contributed by atoms with E-state index in [1.54, 1.807) is 38.1 Å². The van der Waals surface area contributed by atoms with Crippen molar-refractivity contribution in [2.24, 2.45) is 0 Å². The molecule has 1 unspecified atom stereocenters. The molecular weight excluding hydrogens is 294 g/mol. The van der Waals surface area contributed by atoms with E-state index >= 15 is 0 Å². The number of aryl methyl sites for hydroxylation is 1. The summed E-state index contributed by atoms with van der Waals surface area (Å²) in [7, 11) is 0. The van der Waals surface area contributed by atoms with Gasteiger partial charge in [0, 0.05) is 6.20 Å². The summed E-state index contributed by atoms with van der Waals surface area (Å²) in [4.78, 5) is 15.6. The number of pyridine rings is 1. The lowest BCUT2D eigenvalue weighted by molar-refractivity contribution is 0.0364. The third kappa shape index (κ3) is 3.96. The summed E-state index contributed by atoms with van der Waals surface area (Å²) in [5, 5.41) is 15.6. The number of carbonyl (C=O) groups excluding carboxylic acids is 1. The van der Waals surface area contributed by atoms with Gasteiger partial charge in [-0.25, -0.2) is 9.78 Å². The lowest BCUT2D eigenvalue weighted by Gasteiger charge is -2.21. The van der Waals surface area contributed by atoms with Crippen LogP contribution in [0.2, 0.25) is 5.15 Å². The molecule has 0 aromatic carbocycles. The topological polar surface area (TPSA) is 87.4 Å². The quantitative estimate of drug-likeness (QED) is 0.758. The third-order valence-corrected chi connectivity index (χ3v) is 3.17. The number of rotatable bonds is 4. The standard InChI is InChI=1S/C14H16ClN3O3/c1-9-5-6-11(21-9)14(2,20)8-17-13(19)18-10-4-3-7-16-12(10)15/h3-7,20H,8H2,1-2H3,(H2,17,18,19). The fourth-order valence-electron chi connectivity index (χ4n) is 1.71. The average molecular weight is 310 g/mol. The highest BCUT2D eigenvalue weighted by molar-refractivity contribution is 6.32. The first-order valence-corrected chi connectivity index (χ1v) is 6.71. The molecule has 112 valence electrons. The van der Waals surface area contributed by atoms with Gasteiger partial charge in [-0.3, -0.25) is 0 Å². The molecule has 2 heterocycles. The van der Waals surface area contributed by atoms with E-state index in [1.165, 1.54) is 6.20 Å². The number of aliphatic hydroxyl groups is 1. The van der Waals surface area contributed by atoms with Crippen LogP contribution in [-0.4, -0.2) is 22.7 Å². The average Bonchev–Trinajstić information content (AvgIpc) is 2.87. The monoisotopic (exact) mass is 309 g/mol. The van der Waals surface area contributed by atoms with Crippen LogP contribution < -0.4 is 10.6 Å². The maximum Gasteiger partial charge on any atom is 0.319 e. The number of hydrogen-bond donors (Lipinski definition) is 3. The Morgan fingerprint density at radius 1 is 1.48 bits per heavy atom. The summed E-state index contributed by atoms with van der Waals surface area (Å²) < 4.78 is 5.37. The van der Waals surface area contributed by atoms with Crippen molar-refractivity contribution in [3.8, 4) is 0 Å². The number of halogens is 1. The normalized spacial score (nSPS) is 13.5. The van der Waals surface area contributed by atoms with E-state index < -0.39 is 11.6 Å².